The largest absolute Gasteiger partial charge is 0.481 e. The lowest BCUT2D eigenvalue weighted by Gasteiger charge is -2.09. The molecule has 7 nitrogen and oxygen atoms in total. The van der Waals surface area contributed by atoms with Crippen LogP contribution >= 0.6 is 11.6 Å². The van der Waals surface area contributed by atoms with E-state index in [0.29, 0.717) is 38.5 Å². The van der Waals surface area contributed by atoms with Gasteiger partial charge in [0.25, 0.3) is 5.91 Å². The van der Waals surface area contributed by atoms with E-state index in [4.69, 9.17) is 21.4 Å². The number of rotatable bonds is 7. The van der Waals surface area contributed by atoms with E-state index in [1.807, 2.05) is 36.4 Å². The van der Waals surface area contributed by atoms with Crippen molar-refractivity contribution in [3.8, 4) is 17.0 Å². The summed E-state index contributed by atoms with van der Waals surface area (Å²) in [6.07, 6.45) is 1.40. The van der Waals surface area contributed by atoms with E-state index < -0.39 is 18.5 Å². The second-order valence-electron chi connectivity index (χ2n) is 7.00. The Kier molecular flexibility index (Phi) is 6.61. The summed E-state index contributed by atoms with van der Waals surface area (Å²) in [5, 5.41) is 14.2. The maximum atomic E-state index is 13.0. The maximum absolute atomic E-state index is 13.0. The lowest BCUT2D eigenvalue weighted by Crippen LogP contribution is -2.18. The Morgan fingerprint density at radius 2 is 1.76 bits per heavy atom. The zero-order chi connectivity index (χ0) is 23.2. The number of halogens is 1. The minimum absolute atomic E-state index is 0.345. The van der Waals surface area contributed by atoms with E-state index in [2.05, 4.69) is 15.5 Å². The summed E-state index contributed by atoms with van der Waals surface area (Å²) in [6.45, 7) is -0.478. The fourth-order valence-corrected chi connectivity index (χ4v) is 3.34. The van der Waals surface area contributed by atoms with Gasteiger partial charge >= 0.3 is 5.97 Å². The summed E-state index contributed by atoms with van der Waals surface area (Å²) >= 11 is 5.99. The normalized spacial score (nSPS) is 10.9. The zero-order valence-corrected chi connectivity index (χ0v) is 18.0. The van der Waals surface area contributed by atoms with Crippen molar-refractivity contribution >= 4 is 40.6 Å². The summed E-state index contributed by atoms with van der Waals surface area (Å²) in [7, 11) is 0. The standard InChI is InChI=1S/C25H18ClN3O4/c26-18-11-9-16(10-12-18)22-13-20(19-6-2-3-7-21(19)28-22)25(32)29-27-14-17-5-1-4-8-23(17)33-15-24(30)31/h1-14H,15H2,(H,29,32)(H,30,31)/b27-14-. The Morgan fingerprint density at radius 3 is 2.55 bits per heavy atom. The van der Waals surface area contributed by atoms with Crippen LogP contribution < -0.4 is 10.2 Å². The second kappa shape index (κ2) is 9.93. The third kappa shape index (κ3) is 5.34. The van der Waals surface area contributed by atoms with Gasteiger partial charge in [0, 0.05) is 21.5 Å². The van der Waals surface area contributed by atoms with E-state index in [9.17, 15) is 9.59 Å². The highest BCUT2D eigenvalue weighted by atomic mass is 35.5. The van der Waals surface area contributed by atoms with E-state index in [0.717, 1.165) is 5.56 Å². The molecule has 0 bridgehead atoms. The van der Waals surface area contributed by atoms with Gasteiger partial charge in [0.1, 0.15) is 5.75 Å². The van der Waals surface area contributed by atoms with Crippen LogP contribution in [0.25, 0.3) is 22.2 Å². The number of para-hydroxylation sites is 2. The van der Waals surface area contributed by atoms with Gasteiger partial charge in [-0.15, -0.1) is 0 Å². The van der Waals surface area contributed by atoms with Gasteiger partial charge in [-0.2, -0.15) is 5.10 Å². The van der Waals surface area contributed by atoms with Crippen LogP contribution in [-0.4, -0.2) is 34.8 Å². The number of hydrogen-bond donors (Lipinski definition) is 2. The van der Waals surface area contributed by atoms with Gasteiger partial charge in [0.2, 0.25) is 0 Å². The molecule has 0 unspecified atom stereocenters. The number of carboxylic acids is 1. The quantitative estimate of drug-likeness (QED) is 0.306. The van der Waals surface area contributed by atoms with Gasteiger partial charge in [0.15, 0.2) is 6.61 Å². The molecule has 0 aliphatic heterocycles. The number of ether oxygens (including phenoxy) is 1. The molecule has 2 N–H and O–H groups in total. The van der Waals surface area contributed by atoms with Gasteiger partial charge in [-0.3, -0.25) is 4.79 Å². The predicted octanol–water partition coefficient (Wildman–Crippen LogP) is 4.78. The van der Waals surface area contributed by atoms with Crippen molar-refractivity contribution in [3.63, 3.8) is 0 Å². The van der Waals surface area contributed by atoms with Gasteiger partial charge in [-0.05, 0) is 36.4 Å². The molecular weight excluding hydrogens is 442 g/mol. The number of carbonyl (C=O) groups is 2. The number of fused-ring (bicyclic) bond motifs is 1. The molecule has 0 fully saturated rings. The van der Waals surface area contributed by atoms with E-state index >= 15 is 0 Å². The van der Waals surface area contributed by atoms with Gasteiger partial charge in [0.05, 0.1) is 23.0 Å². The monoisotopic (exact) mass is 459 g/mol. The summed E-state index contributed by atoms with van der Waals surface area (Å²) in [5.74, 6) is -1.16. The van der Waals surface area contributed by atoms with Crippen LogP contribution in [0, 0.1) is 0 Å². The number of aromatic nitrogens is 1. The van der Waals surface area contributed by atoms with Crippen LogP contribution in [0.1, 0.15) is 15.9 Å². The summed E-state index contributed by atoms with van der Waals surface area (Å²) in [6, 6.07) is 23.1. The number of benzene rings is 3. The minimum Gasteiger partial charge on any atom is -0.481 e. The molecule has 0 aliphatic carbocycles. The zero-order valence-electron chi connectivity index (χ0n) is 17.2. The van der Waals surface area contributed by atoms with E-state index in [1.165, 1.54) is 6.21 Å². The first-order chi connectivity index (χ1) is 16.0. The summed E-state index contributed by atoms with van der Waals surface area (Å²) < 4.78 is 5.25. The Balaban J connectivity index is 1.61. The SMILES string of the molecule is O=C(O)COc1ccccc1/C=N\NC(=O)c1cc(-c2ccc(Cl)cc2)nc2ccccc12. The van der Waals surface area contributed by atoms with Crippen molar-refractivity contribution in [2.45, 2.75) is 0 Å². The maximum Gasteiger partial charge on any atom is 0.341 e. The number of carboxylic acid groups (broad SMARTS) is 1. The molecule has 3 aromatic carbocycles. The van der Waals surface area contributed by atoms with Crippen LogP contribution in [0.4, 0.5) is 0 Å². The molecular formula is C25H18ClN3O4. The molecule has 8 heteroatoms. The van der Waals surface area contributed by atoms with Crippen molar-refractivity contribution in [3.05, 3.63) is 95.0 Å². The third-order valence-electron chi connectivity index (χ3n) is 4.74. The first-order valence-corrected chi connectivity index (χ1v) is 10.3. The first kappa shape index (κ1) is 22.0. The smallest absolute Gasteiger partial charge is 0.341 e. The molecule has 0 spiro atoms. The molecule has 0 aliphatic rings. The minimum atomic E-state index is -1.09. The number of hydrazone groups is 1. The predicted molar refractivity (Wildman–Crippen MR) is 127 cm³/mol. The van der Waals surface area contributed by atoms with Crippen molar-refractivity contribution < 1.29 is 19.4 Å². The van der Waals surface area contributed by atoms with Crippen LogP contribution in [0.2, 0.25) is 5.02 Å². The van der Waals surface area contributed by atoms with Crippen LogP contribution in [0.3, 0.4) is 0 Å². The molecule has 4 rings (SSSR count). The van der Waals surface area contributed by atoms with E-state index in [-0.39, 0.29) is 0 Å². The number of nitrogens with zero attached hydrogens (tertiary/aromatic N) is 2. The summed E-state index contributed by atoms with van der Waals surface area (Å²) in [5.41, 5.74) is 5.60. The van der Waals surface area contributed by atoms with Crippen LogP contribution in [0.15, 0.2) is 84.0 Å². The second-order valence-corrected chi connectivity index (χ2v) is 7.43. The van der Waals surface area contributed by atoms with Gasteiger partial charge in [-0.1, -0.05) is 54.1 Å². The lowest BCUT2D eigenvalue weighted by molar-refractivity contribution is -0.139. The summed E-state index contributed by atoms with van der Waals surface area (Å²) in [4.78, 5) is 28.4. The lowest BCUT2D eigenvalue weighted by atomic mass is 10.0. The van der Waals surface area contributed by atoms with Crippen LogP contribution in [0.5, 0.6) is 5.75 Å². The molecule has 1 aromatic heterocycles. The fourth-order valence-electron chi connectivity index (χ4n) is 3.21. The van der Waals surface area contributed by atoms with Crippen molar-refractivity contribution in [1.29, 1.82) is 0 Å². The van der Waals surface area contributed by atoms with Crippen LogP contribution in [-0.2, 0) is 4.79 Å². The van der Waals surface area contributed by atoms with Gasteiger partial charge in [-0.25, -0.2) is 15.2 Å². The Hall–Kier alpha value is -4.23. The molecule has 0 saturated heterocycles. The fraction of sp³-hybridized carbons (Fsp3) is 0.0400. The molecule has 164 valence electrons. The van der Waals surface area contributed by atoms with Crippen molar-refractivity contribution in [1.82, 2.24) is 10.4 Å². The average molecular weight is 460 g/mol. The van der Waals surface area contributed by atoms with E-state index in [1.54, 1.807) is 42.5 Å². The number of hydrogen-bond acceptors (Lipinski definition) is 5. The highest BCUT2D eigenvalue weighted by molar-refractivity contribution is 6.30. The highest BCUT2D eigenvalue weighted by Crippen LogP contribution is 2.26. The number of nitrogens with one attached hydrogen (secondary N) is 1. The Morgan fingerprint density at radius 1 is 1.03 bits per heavy atom. The number of amides is 1. The molecule has 4 aromatic rings. The molecule has 0 saturated carbocycles. The van der Waals surface area contributed by atoms with Crippen molar-refractivity contribution in [2.75, 3.05) is 6.61 Å². The number of aliphatic carboxylic acids is 1. The molecule has 1 heterocycles. The van der Waals surface area contributed by atoms with Crippen molar-refractivity contribution in [2.24, 2.45) is 5.10 Å². The third-order valence-corrected chi connectivity index (χ3v) is 4.99. The molecule has 0 atom stereocenters. The first-order valence-electron chi connectivity index (χ1n) is 9.94. The Labute approximate surface area is 194 Å². The molecule has 0 radical (unpaired) electrons. The molecule has 1 amide bonds. The van der Waals surface area contributed by atoms with Gasteiger partial charge < -0.3 is 9.84 Å². The number of pyridine rings is 1. The average Bonchev–Trinajstić information content (AvgIpc) is 2.83. The molecule has 33 heavy (non-hydrogen) atoms. The number of carbonyl (C=O) groups excluding carboxylic acids is 1. The Bertz CT molecular complexity index is 1350. The highest BCUT2D eigenvalue weighted by Gasteiger charge is 2.14. The topological polar surface area (TPSA) is 101 Å².